The zero-order valence-electron chi connectivity index (χ0n) is 15.7. The summed E-state index contributed by atoms with van der Waals surface area (Å²) < 4.78 is 7.71. The Kier molecular flexibility index (Phi) is 5.22. The van der Waals surface area contributed by atoms with Crippen molar-refractivity contribution >= 4 is 11.5 Å². The fourth-order valence-corrected chi connectivity index (χ4v) is 3.16. The number of benzene rings is 2. The van der Waals surface area contributed by atoms with Crippen LogP contribution in [0.2, 0.25) is 0 Å². The molecule has 0 aliphatic heterocycles. The van der Waals surface area contributed by atoms with Crippen LogP contribution >= 0.6 is 0 Å². The van der Waals surface area contributed by atoms with Crippen LogP contribution in [0.5, 0.6) is 5.75 Å². The molecule has 3 N–H and O–H groups in total. The minimum atomic E-state index is -0.904. The van der Waals surface area contributed by atoms with Crippen molar-refractivity contribution in [2.75, 3.05) is 0 Å². The number of ether oxygens (including phenoxy) is 1. The molecule has 0 unspecified atom stereocenters. The van der Waals surface area contributed by atoms with Crippen molar-refractivity contribution in [1.82, 2.24) is 14.6 Å². The number of aromatic nitrogens is 3. The Morgan fingerprint density at radius 1 is 1.10 bits per heavy atom. The Morgan fingerprint density at radius 3 is 2.79 bits per heavy atom. The lowest BCUT2D eigenvalue weighted by Crippen LogP contribution is -2.08. The Labute approximate surface area is 167 Å². The Hall–Kier alpha value is -3.71. The van der Waals surface area contributed by atoms with Crippen molar-refractivity contribution in [1.29, 1.82) is 0 Å². The van der Waals surface area contributed by atoms with Crippen LogP contribution in [0.15, 0.2) is 66.9 Å². The summed E-state index contributed by atoms with van der Waals surface area (Å²) in [5.41, 5.74) is 9.79. The molecule has 0 saturated carbocycles. The molecule has 0 amide bonds. The molecule has 0 atom stereocenters. The third kappa shape index (κ3) is 4.09. The largest absolute Gasteiger partial charge is 0.487 e. The molecule has 0 aliphatic rings. The van der Waals surface area contributed by atoms with Crippen LogP contribution in [-0.4, -0.2) is 25.7 Å². The number of nitrogens with two attached hydrogens (primary N) is 1. The minimum absolute atomic E-state index is 0.0996. The number of rotatable bonds is 7. The Bertz CT molecular complexity index is 1170. The van der Waals surface area contributed by atoms with E-state index in [-0.39, 0.29) is 13.0 Å². The van der Waals surface area contributed by atoms with E-state index in [1.807, 2.05) is 48.7 Å². The number of para-hydroxylation sites is 1. The molecule has 29 heavy (non-hydrogen) atoms. The quantitative estimate of drug-likeness (QED) is 0.504. The average Bonchev–Trinajstić information content (AvgIpc) is 3.21. The molecule has 146 valence electrons. The van der Waals surface area contributed by atoms with Gasteiger partial charge in [-0.3, -0.25) is 4.79 Å². The lowest BCUT2D eigenvalue weighted by atomic mass is 10.1. The highest BCUT2D eigenvalue weighted by Gasteiger charge is 2.13. The van der Waals surface area contributed by atoms with Crippen molar-refractivity contribution < 1.29 is 14.6 Å². The predicted octanol–water partition coefficient (Wildman–Crippen LogP) is 3.06. The summed E-state index contributed by atoms with van der Waals surface area (Å²) in [7, 11) is 0. The van der Waals surface area contributed by atoms with Gasteiger partial charge in [0.1, 0.15) is 18.1 Å². The van der Waals surface area contributed by atoms with E-state index in [0.29, 0.717) is 29.4 Å². The summed E-state index contributed by atoms with van der Waals surface area (Å²) in [6.07, 6.45) is 1.76. The van der Waals surface area contributed by atoms with Gasteiger partial charge in [-0.05, 0) is 29.8 Å². The highest BCUT2D eigenvalue weighted by Crippen LogP contribution is 2.23. The molecule has 2 heterocycles. The van der Waals surface area contributed by atoms with Crippen molar-refractivity contribution in [3.8, 4) is 17.1 Å². The molecule has 0 radical (unpaired) electrons. The van der Waals surface area contributed by atoms with Crippen molar-refractivity contribution in [2.45, 2.75) is 19.6 Å². The van der Waals surface area contributed by atoms with Crippen LogP contribution in [0.4, 0.5) is 0 Å². The number of hydrogen-bond acceptors (Lipinski definition) is 5. The second-order valence-electron chi connectivity index (χ2n) is 6.59. The second kappa shape index (κ2) is 8.12. The van der Waals surface area contributed by atoms with E-state index < -0.39 is 5.97 Å². The fraction of sp³-hybridized carbons (Fsp3) is 0.136. The molecular formula is C22H20N4O3. The van der Waals surface area contributed by atoms with E-state index in [2.05, 4.69) is 5.10 Å². The lowest BCUT2D eigenvalue weighted by molar-refractivity contribution is -0.136. The minimum Gasteiger partial charge on any atom is -0.487 e. The van der Waals surface area contributed by atoms with Gasteiger partial charge in [0.2, 0.25) is 0 Å². The normalized spacial score (nSPS) is 10.9. The maximum atomic E-state index is 11.1. The van der Waals surface area contributed by atoms with Crippen LogP contribution in [0, 0.1) is 0 Å². The first-order valence-corrected chi connectivity index (χ1v) is 9.20. The van der Waals surface area contributed by atoms with Gasteiger partial charge in [-0.15, -0.1) is 5.10 Å². The topological polar surface area (TPSA) is 103 Å². The predicted molar refractivity (Wildman–Crippen MR) is 108 cm³/mol. The number of hydrogen-bond donors (Lipinski definition) is 2. The number of fused-ring (bicyclic) bond motifs is 1. The van der Waals surface area contributed by atoms with Gasteiger partial charge in [-0.25, -0.2) is 9.50 Å². The van der Waals surface area contributed by atoms with Gasteiger partial charge >= 0.3 is 5.97 Å². The molecule has 2 aromatic carbocycles. The van der Waals surface area contributed by atoms with Gasteiger partial charge in [0.05, 0.1) is 11.9 Å². The first-order valence-electron chi connectivity index (χ1n) is 9.20. The molecule has 4 aromatic rings. The molecule has 0 spiro atoms. The third-order valence-corrected chi connectivity index (χ3v) is 4.57. The highest BCUT2D eigenvalue weighted by atomic mass is 16.5. The highest BCUT2D eigenvalue weighted by molar-refractivity contribution is 5.71. The van der Waals surface area contributed by atoms with E-state index in [9.17, 15) is 4.79 Å². The van der Waals surface area contributed by atoms with Gasteiger partial charge < -0.3 is 15.6 Å². The summed E-state index contributed by atoms with van der Waals surface area (Å²) in [5.74, 6) is 0.199. The van der Waals surface area contributed by atoms with Crippen LogP contribution in [-0.2, 0) is 24.4 Å². The standard InChI is InChI=1S/C22H20N4O3/c23-13-15-5-3-7-17(11-15)22-24-18(19-8-4-10-26(19)25-22)14-29-20-9-2-1-6-16(20)12-21(27)28/h1-11H,12-14,23H2,(H,27,28). The van der Waals surface area contributed by atoms with Gasteiger partial charge in [0.25, 0.3) is 0 Å². The first-order chi connectivity index (χ1) is 14.1. The van der Waals surface area contributed by atoms with Crippen molar-refractivity contribution in [3.05, 3.63) is 83.7 Å². The van der Waals surface area contributed by atoms with Gasteiger partial charge in [-0.2, -0.15) is 0 Å². The number of carbonyl (C=O) groups is 1. The van der Waals surface area contributed by atoms with Gasteiger partial charge in [-0.1, -0.05) is 36.4 Å². The van der Waals surface area contributed by atoms with E-state index in [4.69, 9.17) is 20.6 Å². The van der Waals surface area contributed by atoms with Crippen molar-refractivity contribution in [2.24, 2.45) is 5.73 Å². The smallest absolute Gasteiger partial charge is 0.307 e. The number of carboxylic acids is 1. The zero-order chi connectivity index (χ0) is 20.2. The second-order valence-corrected chi connectivity index (χ2v) is 6.59. The maximum absolute atomic E-state index is 11.1. The monoisotopic (exact) mass is 388 g/mol. The molecule has 7 heteroatoms. The average molecular weight is 388 g/mol. The van der Waals surface area contributed by atoms with Crippen molar-refractivity contribution in [3.63, 3.8) is 0 Å². The number of nitrogens with zero attached hydrogens (tertiary/aromatic N) is 3. The molecular weight excluding hydrogens is 368 g/mol. The van der Waals surface area contributed by atoms with E-state index in [1.165, 1.54) is 0 Å². The maximum Gasteiger partial charge on any atom is 0.307 e. The van der Waals surface area contributed by atoms with Gasteiger partial charge in [0.15, 0.2) is 5.82 Å². The van der Waals surface area contributed by atoms with E-state index in [0.717, 1.165) is 16.6 Å². The number of carboxylic acid groups (broad SMARTS) is 1. The molecule has 2 aromatic heterocycles. The molecule has 7 nitrogen and oxygen atoms in total. The van der Waals surface area contributed by atoms with Crippen LogP contribution in [0.3, 0.4) is 0 Å². The van der Waals surface area contributed by atoms with Crippen LogP contribution in [0.25, 0.3) is 16.9 Å². The summed E-state index contributed by atoms with van der Waals surface area (Å²) in [6, 6.07) is 18.7. The zero-order valence-corrected chi connectivity index (χ0v) is 15.7. The Morgan fingerprint density at radius 2 is 1.97 bits per heavy atom. The van der Waals surface area contributed by atoms with E-state index >= 15 is 0 Å². The summed E-state index contributed by atoms with van der Waals surface area (Å²) >= 11 is 0. The first kappa shape index (κ1) is 18.6. The molecule has 0 aliphatic carbocycles. The van der Waals surface area contributed by atoms with Crippen LogP contribution in [0.1, 0.15) is 16.8 Å². The molecule has 4 rings (SSSR count). The fourth-order valence-electron chi connectivity index (χ4n) is 3.16. The SMILES string of the molecule is NCc1cccc(-c2nc(COc3ccccc3CC(=O)O)c3cccn3n2)c1. The third-order valence-electron chi connectivity index (χ3n) is 4.57. The van der Waals surface area contributed by atoms with E-state index in [1.54, 1.807) is 22.7 Å². The van der Waals surface area contributed by atoms with Gasteiger partial charge in [0, 0.05) is 23.9 Å². The van der Waals surface area contributed by atoms with Crippen LogP contribution < -0.4 is 10.5 Å². The summed E-state index contributed by atoms with van der Waals surface area (Å²) in [5, 5.41) is 13.7. The molecule has 0 bridgehead atoms. The lowest BCUT2D eigenvalue weighted by Gasteiger charge is -2.12. The molecule has 0 fully saturated rings. The summed E-state index contributed by atoms with van der Waals surface area (Å²) in [6.45, 7) is 0.631. The number of aliphatic carboxylic acids is 1. The molecule has 0 saturated heterocycles. The Balaban J connectivity index is 1.67. The summed E-state index contributed by atoms with van der Waals surface area (Å²) in [4.78, 5) is 15.8.